The summed E-state index contributed by atoms with van der Waals surface area (Å²) in [5, 5.41) is 7.04. The number of hydrogen-bond donors (Lipinski definition) is 1. The van der Waals surface area contributed by atoms with E-state index in [1.807, 2.05) is 33.8 Å². The lowest BCUT2D eigenvalue weighted by atomic mass is 10.2. The number of ether oxygens (including phenoxy) is 1. The van der Waals surface area contributed by atoms with E-state index in [9.17, 15) is 0 Å². The molecule has 0 atom stereocenters. The van der Waals surface area contributed by atoms with Gasteiger partial charge in [0.15, 0.2) is 5.76 Å². The van der Waals surface area contributed by atoms with Crippen molar-refractivity contribution in [3.05, 3.63) is 17.5 Å². The molecule has 1 heterocycles. The zero-order valence-corrected chi connectivity index (χ0v) is 9.96. The minimum atomic E-state index is -0.0650. The molecule has 1 rings (SSSR count). The van der Waals surface area contributed by atoms with Crippen LogP contribution in [0.15, 0.2) is 10.6 Å². The Kier molecular flexibility index (Phi) is 4.29. The third kappa shape index (κ3) is 5.54. The Morgan fingerprint density at radius 3 is 2.73 bits per heavy atom. The maximum absolute atomic E-state index is 5.56. The normalized spacial score (nSPS) is 12.0. The molecule has 0 bridgehead atoms. The van der Waals surface area contributed by atoms with Crippen LogP contribution in [0, 0.1) is 6.92 Å². The fourth-order valence-electron chi connectivity index (χ4n) is 1.14. The Morgan fingerprint density at radius 2 is 2.20 bits per heavy atom. The van der Waals surface area contributed by atoms with Crippen LogP contribution in [0.25, 0.3) is 0 Å². The molecule has 0 radical (unpaired) electrons. The molecule has 1 aromatic heterocycles. The molecule has 0 amide bonds. The summed E-state index contributed by atoms with van der Waals surface area (Å²) in [6.45, 7) is 10.3. The van der Waals surface area contributed by atoms with Gasteiger partial charge in [0.25, 0.3) is 0 Å². The standard InChI is InChI=1S/C11H20N2O2/c1-9-7-10(15-13-9)8-12-5-6-14-11(2,3)4/h7,12H,5-6,8H2,1-4H3. The van der Waals surface area contributed by atoms with Crippen molar-refractivity contribution in [3.8, 4) is 0 Å². The molecule has 0 aliphatic rings. The van der Waals surface area contributed by atoms with Gasteiger partial charge in [-0.25, -0.2) is 0 Å². The van der Waals surface area contributed by atoms with Crippen molar-refractivity contribution in [1.29, 1.82) is 0 Å². The number of aryl methyl sites for hydroxylation is 1. The molecule has 0 fully saturated rings. The molecule has 0 saturated heterocycles. The van der Waals surface area contributed by atoms with Crippen LogP contribution in [0.3, 0.4) is 0 Å². The summed E-state index contributed by atoms with van der Waals surface area (Å²) >= 11 is 0. The highest BCUT2D eigenvalue weighted by Crippen LogP contribution is 2.05. The summed E-state index contributed by atoms with van der Waals surface area (Å²) < 4.78 is 10.6. The van der Waals surface area contributed by atoms with Crippen molar-refractivity contribution in [2.45, 2.75) is 39.8 Å². The monoisotopic (exact) mass is 212 g/mol. The summed E-state index contributed by atoms with van der Waals surface area (Å²) in [6, 6.07) is 1.93. The average Bonchev–Trinajstić information content (AvgIpc) is 2.49. The molecular weight excluding hydrogens is 192 g/mol. The molecular formula is C11H20N2O2. The molecule has 0 unspecified atom stereocenters. The largest absolute Gasteiger partial charge is 0.375 e. The Balaban J connectivity index is 2.07. The van der Waals surface area contributed by atoms with E-state index in [0.717, 1.165) is 18.0 Å². The Hall–Kier alpha value is -0.870. The van der Waals surface area contributed by atoms with Gasteiger partial charge in [0, 0.05) is 12.6 Å². The topological polar surface area (TPSA) is 47.3 Å². The van der Waals surface area contributed by atoms with Gasteiger partial charge in [0.1, 0.15) is 0 Å². The maximum atomic E-state index is 5.56. The maximum Gasteiger partial charge on any atom is 0.150 e. The molecule has 1 N–H and O–H groups in total. The molecule has 0 aliphatic carbocycles. The van der Waals surface area contributed by atoms with Crippen molar-refractivity contribution < 1.29 is 9.26 Å². The van der Waals surface area contributed by atoms with Gasteiger partial charge >= 0.3 is 0 Å². The fraction of sp³-hybridized carbons (Fsp3) is 0.727. The molecule has 0 aliphatic heterocycles. The highest BCUT2D eigenvalue weighted by Gasteiger charge is 2.08. The minimum Gasteiger partial charge on any atom is -0.375 e. The summed E-state index contributed by atoms with van der Waals surface area (Å²) in [4.78, 5) is 0. The first-order valence-corrected chi connectivity index (χ1v) is 5.24. The van der Waals surface area contributed by atoms with Crippen LogP contribution in [0.2, 0.25) is 0 Å². The van der Waals surface area contributed by atoms with Gasteiger partial charge < -0.3 is 14.6 Å². The average molecular weight is 212 g/mol. The zero-order chi connectivity index (χ0) is 11.3. The van der Waals surface area contributed by atoms with E-state index >= 15 is 0 Å². The van der Waals surface area contributed by atoms with Crippen LogP contribution in [-0.2, 0) is 11.3 Å². The van der Waals surface area contributed by atoms with Crippen LogP contribution in [0.4, 0.5) is 0 Å². The fourth-order valence-corrected chi connectivity index (χ4v) is 1.14. The van der Waals surface area contributed by atoms with E-state index in [2.05, 4.69) is 10.5 Å². The molecule has 4 nitrogen and oxygen atoms in total. The summed E-state index contributed by atoms with van der Waals surface area (Å²) in [5.74, 6) is 0.864. The second kappa shape index (κ2) is 5.28. The quantitative estimate of drug-likeness (QED) is 0.757. The molecule has 1 aromatic rings. The second-order valence-corrected chi connectivity index (χ2v) is 4.57. The third-order valence-electron chi connectivity index (χ3n) is 1.79. The van der Waals surface area contributed by atoms with E-state index in [-0.39, 0.29) is 5.60 Å². The highest BCUT2D eigenvalue weighted by molar-refractivity contribution is 5.02. The van der Waals surface area contributed by atoms with Crippen LogP contribution in [-0.4, -0.2) is 23.9 Å². The first-order chi connectivity index (χ1) is 6.97. The number of rotatable bonds is 5. The van der Waals surface area contributed by atoms with Gasteiger partial charge in [-0.05, 0) is 27.7 Å². The number of hydrogen-bond acceptors (Lipinski definition) is 4. The van der Waals surface area contributed by atoms with E-state index in [1.165, 1.54) is 0 Å². The lowest BCUT2D eigenvalue weighted by Gasteiger charge is -2.19. The van der Waals surface area contributed by atoms with E-state index in [0.29, 0.717) is 13.2 Å². The molecule has 86 valence electrons. The van der Waals surface area contributed by atoms with E-state index in [1.54, 1.807) is 0 Å². The number of nitrogens with zero attached hydrogens (tertiary/aromatic N) is 1. The lowest BCUT2D eigenvalue weighted by Crippen LogP contribution is -2.26. The number of nitrogens with one attached hydrogen (secondary N) is 1. The van der Waals surface area contributed by atoms with Crippen molar-refractivity contribution in [2.24, 2.45) is 0 Å². The molecule has 0 spiro atoms. The van der Waals surface area contributed by atoms with Crippen molar-refractivity contribution >= 4 is 0 Å². The second-order valence-electron chi connectivity index (χ2n) is 4.57. The predicted molar refractivity (Wildman–Crippen MR) is 58.7 cm³/mol. The Bertz CT molecular complexity index is 289. The first-order valence-electron chi connectivity index (χ1n) is 5.24. The van der Waals surface area contributed by atoms with Crippen molar-refractivity contribution in [1.82, 2.24) is 10.5 Å². The van der Waals surface area contributed by atoms with E-state index < -0.39 is 0 Å². The number of aromatic nitrogens is 1. The first kappa shape index (κ1) is 12.2. The SMILES string of the molecule is Cc1cc(CNCCOC(C)(C)C)on1. The zero-order valence-electron chi connectivity index (χ0n) is 9.96. The summed E-state index contributed by atoms with van der Waals surface area (Å²) in [5.41, 5.74) is 0.850. The van der Waals surface area contributed by atoms with Crippen LogP contribution >= 0.6 is 0 Å². The van der Waals surface area contributed by atoms with Crippen LogP contribution < -0.4 is 5.32 Å². The predicted octanol–water partition coefficient (Wildman–Crippen LogP) is 1.89. The Labute approximate surface area is 91.0 Å². The van der Waals surface area contributed by atoms with Crippen LogP contribution in [0.1, 0.15) is 32.2 Å². The molecule has 4 heteroatoms. The van der Waals surface area contributed by atoms with Gasteiger partial charge in [-0.15, -0.1) is 0 Å². The van der Waals surface area contributed by atoms with Gasteiger partial charge in [-0.1, -0.05) is 5.16 Å². The molecule has 15 heavy (non-hydrogen) atoms. The molecule has 0 saturated carbocycles. The van der Waals surface area contributed by atoms with Crippen molar-refractivity contribution in [2.75, 3.05) is 13.2 Å². The Morgan fingerprint density at radius 1 is 1.47 bits per heavy atom. The van der Waals surface area contributed by atoms with Crippen LogP contribution in [0.5, 0.6) is 0 Å². The highest BCUT2D eigenvalue weighted by atomic mass is 16.5. The smallest absolute Gasteiger partial charge is 0.150 e. The third-order valence-corrected chi connectivity index (χ3v) is 1.79. The van der Waals surface area contributed by atoms with Gasteiger partial charge in [-0.3, -0.25) is 0 Å². The molecule has 0 aromatic carbocycles. The van der Waals surface area contributed by atoms with Gasteiger partial charge in [0.2, 0.25) is 0 Å². The minimum absolute atomic E-state index is 0.0650. The summed E-state index contributed by atoms with van der Waals surface area (Å²) in [6.07, 6.45) is 0. The van der Waals surface area contributed by atoms with E-state index in [4.69, 9.17) is 9.26 Å². The van der Waals surface area contributed by atoms with Crippen molar-refractivity contribution in [3.63, 3.8) is 0 Å². The lowest BCUT2D eigenvalue weighted by molar-refractivity contribution is -0.00101. The van der Waals surface area contributed by atoms with Gasteiger partial charge in [-0.2, -0.15) is 0 Å². The summed E-state index contributed by atoms with van der Waals surface area (Å²) in [7, 11) is 0. The van der Waals surface area contributed by atoms with Gasteiger partial charge in [0.05, 0.1) is 24.4 Å².